The average Bonchev–Trinajstić information content (AvgIpc) is 2.44. The maximum absolute atomic E-state index is 13.5. The summed E-state index contributed by atoms with van der Waals surface area (Å²) in [6.45, 7) is 0. The molecule has 0 fully saturated rings. The molecule has 0 saturated heterocycles. The highest BCUT2D eigenvalue weighted by molar-refractivity contribution is 7.98. The number of para-hydroxylation sites is 1. The Kier molecular flexibility index (Phi) is 4.63. The van der Waals surface area contributed by atoms with Gasteiger partial charge in [0.2, 0.25) is 0 Å². The van der Waals surface area contributed by atoms with Crippen LogP contribution in [0.1, 0.15) is 11.1 Å². The molecule has 0 spiro atoms. The Balaban J connectivity index is 2.16. The van der Waals surface area contributed by atoms with Gasteiger partial charge in [0.25, 0.3) is 0 Å². The van der Waals surface area contributed by atoms with Gasteiger partial charge in [-0.3, -0.25) is 5.41 Å². The van der Waals surface area contributed by atoms with Crippen LogP contribution in [0.3, 0.4) is 0 Å². The number of nitrogen functional groups attached to an aromatic ring is 1. The van der Waals surface area contributed by atoms with Crippen molar-refractivity contribution in [3.05, 3.63) is 59.4 Å². The molecule has 2 rings (SSSR count). The van der Waals surface area contributed by atoms with Gasteiger partial charge in [0.05, 0.1) is 7.11 Å². The van der Waals surface area contributed by atoms with Gasteiger partial charge in [0.15, 0.2) is 0 Å². The highest BCUT2D eigenvalue weighted by Gasteiger charge is 2.06. The number of ether oxygens (including phenoxy) is 1. The second kappa shape index (κ2) is 6.43. The Bertz CT molecular complexity index is 631. The van der Waals surface area contributed by atoms with E-state index >= 15 is 0 Å². The van der Waals surface area contributed by atoms with Gasteiger partial charge in [0, 0.05) is 16.2 Å². The zero-order valence-corrected chi connectivity index (χ0v) is 11.8. The first-order chi connectivity index (χ1) is 9.60. The standard InChI is InChI=1S/C15H15FN2OS/c1-19-13-4-2-3-5-14(13)20-9-10-6-11(15(17)18)8-12(16)7-10/h2-8H,9H2,1H3,(H3,17,18). The molecule has 0 aliphatic heterocycles. The number of nitrogens with one attached hydrogen (secondary N) is 1. The van der Waals surface area contributed by atoms with Crippen LogP contribution in [-0.4, -0.2) is 12.9 Å². The maximum Gasteiger partial charge on any atom is 0.132 e. The van der Waals surface area contributed by atoms with Crippen molar-refractivity contribution in [2.45, 2.75) is 10.6 Å². The van der Waals surface area contributed by atoms with E-state index in [9.17, 15) is 4.39 Å². The predicted octanol–water partition coefficient (Wildman–Crippen LogP) is 3.41. The molecule has 0 atom stereocenters. The topological polar surface area (TPSA) is 59.1 Å². The summed E-state index contributed by atoms with van der Waals surface area (Å²) < 4.78 is 18.7. The SMILES string of the molecule is COc1ccccc1SCc1cc(F)cc(C(=N)N)c1. The third-order valence-corrected chi connectivity index (χ3v) is 3.86. The Morgan fingerprint density at radius 1 is 1.30 bits per heavy atom. The van der Waals surface area contributed by atoms with Crippen LogP contribution in [0.25, 0.3) is 0 Å². The number of benzene rings is 2. The van der Waals surface area contributed by atoms with E-state index in [0.717, 1.165) is 16.2 Å². The summed E-state index contributed by atoms with van der Waals surface area (Å²) in [6, 6.07) is 12.1. The summed E-state index contributed by atoms with van der Waals surface area (Å²) in [5, 5.41) is 7.37. The average molecular weight is 290 g/mol. The number of rotatable bonds is 5. The maximum atomic E-state index is 13.5. The molecule has 104 valence electrons. The van der Waals surface area contributed by atoms with Gasteiger partial charge >= 0.3 is 0 Å². The lowest BCUT2D eigenvalue weighted by atomic mass is 10.1. The molecular weight excluding hydrogens is 275 g/mol. The van der Waals surface area contributed by atoms with Gasteiger partial charge in [-0.1, -0.05) is 12.1 Å². The molecule has 0 saturated carbocycles. The number of amidine groups is 1. The van der Waals surface area contributed by atoms with Crippen LogP contribution in [0.15, 0.2) is 47.4 Å². The summed E-state index contributed by atoms with van der Waals surface area (Å²) in [5.41, 5.74) is 6.58. The highest BCUT2D eigenvalue weighted by atomic mass is 32.2. The van der Waals surface area contributed by atoms with Crippen LogP contribution >= 0.6 is 11.8 Å². The number of nitrogens with two attached hydrogens (primary N) is 1. The van der Waals surface area contributed by atoms with Crippen molar-refractivity contribution in [2.75, 3.05) is 7.11 Å². The van der Waals surface area contributed by atoms with E-state index in [-0.39, 0.29) is 11.7 Å². The molecule has 0 aliphatic carbocycles. The minimum absolute atomic E-state index is 0.131. The molecule has 5 heteroatoms. The van der Waals surface area contributed by atoms with Crippen molar-refractivity contribution in [1.82, 2.24) is 0 Å². The van der Waals surface area contributed by atoms with Gasteiger partial charge in [-0.05, 0) is 35.9 Å². The number of hydrogen-bond acceptors (Lipinski definition) is 3. The molecule has 3 N–H and O–H groups in total. The van der Waals surface area contributed by atoms with Crippen LogP contribution in [0, 0.1) is 11.2 Å². The molecule has 20 heavy (non-hydrogen) atoms. The van der Waals surface area contributed by atoms with E-state index in [1.54, 1.807) is 24.9 Å². The second-order valence-corrected chi connectivity index (χ2v) is 5.22. The van der Waals surface area contributed by atoms with Crippen LogP contribution in [-0.2, 0) is 5.75 Å². The van der Waals surface area contributed by atoms with Crippen molar-refractivity contribution >= 4 is 17.6 Å². The van der Waals surface area contributed by atoms with Gasteiger partial charge in [-0.25, -0.2) is 4.39 Å². The largest absolute Gasteiger partial charge is 0.496 e. The van der Waals surface area contributed by atoms with Gasteiger partial charge in [-0.2, -0.15) is 0 Å². The lowest BCUT2D eigenvalue weighted by molar-refractivity contribution is 0.405. The van der Waals surface area contributed by atoms with Crippen molar-refractivity contribution < 1.29 is 9.13 Å². The van der Waals surface area contributed by atoms with Gasteiger partial charge in [-0.15, -0.1) is 11.8 Å². The fourth-order valence-corrected chi connectivity index (χ4v) is 2.75. The number of hydrogen-bond donors (Lipinski definition) is 2. The summed E-state index contributed by atoms with van der Waals surface area (Å²) in [6.07, 6.45) is 0. The fraction of sp³-hybridized carbons (Fsp3) is 0.133. The quantitative estimate of drug-likeness (QED) is 0.504. The predicted molar refractivity (Wildman–Crippen MR) is 80.0 cm³/mol. The molecule has 0 unspecified atom stereocenters. The molecular formula is C15H15FN2OS. The Labute approximate surface area is 121 Å². The van der Waals surface area contributed by atoms with Crippen LogP contribution < -0.4 is 10.5 Å². The van der Waals surface area contributed by atoms with Crippen LogP contribution in [0.2, 0.25) is 0 Å². The smallest absolute Gasteiger partial charge is 0.132 e. The summed E-state index contributed by atoms with van der Waals surface area (Å²) in [4.78, 5) is 0.989. The highest BCUT2D eigenvalue weighted by Crippen LogP contribution is 2.31. The molecule has 0 heterocycles. The van der Waals surface area contributed by atoms with Crippen molar-refractivity contribution in [2.24, 2.45) is 5.73 Å². The number of methoxy groups -OCH3 is 1. The molecule has 3 nitrogen and oxygen atoms in total. The Morgan fingerprint density at radius 3 is 2.75 bits per heavy atom. The fourth-order valence-electron chi connectivity index (χ4n) is 1.79. The zero-order chi connectivity index (χ0) is 14.5. The third-order valence-electron chi connectivity index (χ3n) is 2.73. The van der Waals surface area contributed by atoms with E-state index < -0.39 is 0 Å². The summed E-state index contributed by atoms with van der Waals surface area (Å²) >= 11 is 1.55. The molecule has 0 aromatic heterocycles. The summed E-state index contributed by atoms with van der Waals surface area (Å²) in [5.74, 6) is 0.861. The summed E-state index contributed by atoms with van der Waals surface area (Å²) in [7, 11) is 1.62. The molecule has 2 aromatic carbocycles. The van der Waals surface area contributed by atoms with Gasteiger partial charge < -0.3 is 10.5 Å². The minimum Gasteiger partial charge on any atom is -0.496 e. The Morgan fingerprint density at radius 2 is 2.05 bits per heavy atom. The van der Waals surface area contributed by atoms with Crippen molar-refractivity contribution in [3.8, 4) is 5.75 Å². The molecule has 0 bridgehead atoms. The van der Waals surface area contributed by atoms with E-state index in [1.807, 2.05) is 24.3 Å². The first kappa shape index (κ1) is 14.4. The van der Waals surface area contributed by atoms with Crippen molar-refractivity contribution in [1.29, 1.82) is 5.41 Å². The number of halogens is 1. The number of thioether (sulfide) groups is 1. The van der Waals surface area contributed by atoms with Crippen LogP contribution in [0.4, 0.5) is 4.39 Å². The van der Waals surface area contributed by atoms with Crippen molar-refractivity contribution in [3.63, 3.8) is 0 Å². The van der Waals surface area contributed by atoms with E-state index in [0.29, 0.717) is 11.3 Å². The van der Waals surface area contributed by atoms with E-state index in [4.69, 9.17) is 15.9 Å². The Hall–Kier alpha value is -2.01. The lowest BCUT2D eigenvalue weighted by Crippen LogP contribution is -2.11. The molecule has 0 radical (unpaired) electrons. The van der Waals surface area contributed by atoms with Crippen LogP contribution in [0.5, 0.6) is 5.75 Å². The third kappa shape index (κ3) is 3.51. The normalized spacial score (nSPS) is 10.3. The molecule has 0 amide bonds. The second-order valence-electron chi connectivity index (χ2n) is 4.20. The van der Waals surface area contributed by atoms with E-state index in [2.05, 4.69) is 0 Å². The van der Waals surface area contributed by atoms with Gasteiger partial charge in [0.1, 0.15) is 17.4 Å². The molecule has 2 aromatic rings. The first-order valence-corrected chi connectivity index (χ1v) is 6.98. The zero-order valence-electron chi connectivity index (χ0n) is 11.0. The van der Waals surface area contributed by atoms with E-state index in [1.165, 1.54) is 12.1 Å². The first-order valence-electron chi connectivity index (χ1n) is 6.00. The minimum atomic E-state index is -0.381. The lowest BCUT2D eigenvalue weighted by Gasteiger charge is -2.08. The monoisotopic (exact) mass is 290 g/mol. The molecule has 0 aliphatic rings.